The molecule has 0 saturated heterocycles. The number of rotatable bonds is 4. The smallest absolute Gasteiger partial charge is 0.325 e. The summed E-state index contributed by atoms with van der Waals surface area (Å²) in [6.07, 6.45) is -4.57. The molecule has 1 amide bonds. The minimum absolute atomic E-state index is 0.0623. The minimum Gasteiger partial charge on any atom is -0.325 e. The van der Waals surface area contributed by atoms with E-state index in [1.807, 2.05) is 30.3 Å². The van der Waals surface area contributed by atoms with Crippen LogP contribution in [0.3, 0.4) is 0 Å². The molecule has 122 valence electrons. The van der Waals surface area contributed by atoms with E-state index in [4.69, 9.17) is 11.6 Å². The maximum Gasteiger partial charge on any atom is 0.417 e. The summed E-state index contributed by atoms with van der Waals surface area (Å²) in [7, 11) is 0. The second-order valence-corrected chi connectivity index (χ2v) is 6.58. The number of benzene rings is 2. The van der Waals surface area contributed by atoms with Crippen LogP contribution in [0.4, 0.5) is 18.9 Å². The zero-order valence-corrected chi connectivity index (χ0v) is 13.6. The van der Waals surface area contributed by atoms with Crippen LogP contribution in [0.2, 0.25) is 5.02 Å². The predicted octanol–water partition coefficient (Wildman–Crippen LogP) is 5.48. The molecule has 7 heteroatoms. The SMILES string of the molecule is CC(Sc1ccccc1)C(=O)Nc1ccc(Cl)c(C(F)(F)F)c1. The largest absolute Gasteiger partial charge is 0.417 e. The van der Waals surface area contributed by atoms with Crippen LogP contribution in [0.1, 0.15) is 12.5 Å². The molecule has 2 nitrogen and oxygen atoms in total. The van der Waals surface area contributed by atoms with Gasteiger partial charge < -0.3 is 5.32 Å². The first-order valence-corrected chi connectivity index (χ1v) is 7.92. The first kappa shape index (κ1) is 17.7. The monoisotopic (exact) mass is 359 g/mol. The van der Waals surface area contributed by atoms with Gasteiger partial charge in [-0.25, -0.2) is 0 Å². The van der Waals surface area contributed by atoms with Gasteiger partial charge >= 0.3 is 6.18 Å². The third-order valence-corrected chi connectivity index (χ3v) is 4.41. The molecule has 1 unspecified atom stereocenters. The topological polar surface area (TPSA) is 29.1 Å². The quantitative estimate of drug-likeness (QED) is 0.732. The van der Waals surface area contributed by atoms with E-state index in [2.05, 4.69) is 5.32 Å². The Labute approximate surface area is 141 Å². The van der Waals surface area contributed by atoms with Gasteiger partial charge in [0.05, 0.1) is 15.8 Å². The van der Waals surface area contributed by atoms with Gasteiger partial charge in [0.2, 0.25) is 5.91 Å². The van der Waals surface area contributed by atoms with Crippen LogP contribution in [-0.4, -0.2) is 11.2 Å². The van der Waals surface area contributed by atoms with Crippen molar-refractivity contribution in [1.29, 1.82) is 0 Å². The van der Waals surface area contributed by atoms with Crippen molar-refractivity contribution >= 4 is 35.0 Å². The Kier molecular flexibility index (Phi) is 5.59. The van der Waals surface area contributed by atoms with Crippen molar-refractivity contribution in [3.05, 3.63) is 59.1 Å². The zero-order valence-electron chi connectivity index (χ0n) is 12.0. The lowest BCUT2D eigenvalue weighted by Crippen LogP contribution is -2.22. The summed E-state index contributed by atoms with van der Waals surface area (Å²) in [6, 6.07) is 12.6. The molecule has 0 radical (unpaired) electrons. The number of hydrogen-bond donors (Lipinski definition) is 1. The summed E-state index contributed by atoms with van der Waals surface area (Å²) in [4.78, 5) is 13.0. The highest BCUT2D eigenvalue weighted by molar-refractivity contribution is 8.00. The van der Waals surface area contributed by atoms with Crippen LogP contribution in [0.5, 0.6) is 0 Å². The van der Waals surface area contributed by atoms with Gasteiger partial charge in [-0.1, -0.05) is 29.8 Å². The molecule has 1 atom stereocenters. The fourth-order valence-corrected chi connectivity index (χ4v) is 2.93. The van der Waals surface area contributed by atoms with Crippen molar-refractivity contribution in [1.82, 2.24) is 0 Å². The number of thioether (sulfide) groups is 1. The van der Waals surface area contributed by atoms with Gasteiger partial charge in [-0.3, -0.25) is 4.79 Å². The van der Waals surface area contributed by atoms with Gasteiger partial charge in [-0.05, 0) is 37.3 Å². The number of anilines is 1. The molecule has 0 bridgehead atoms. The van der Waals surface area contributed by atoms with Crippen molar-refractivity contribution in [2.24, 2.45) is 0 Å². The van der Waals surface area contributed by atoms with E-state index in [1.165, 1.54) is 17.8 Å². The van der Waals surface area contributed by atoms with Gasteiger partial charge in [0.15, 0.2) is 0 Å². The van der Waals surface area contributed by atoms with Crippen LogP contribution in [0, 0.1) is 0 Å². The highest BCUT2D eigenvalue weighted by atomic mass is 35.5. The summed E-state index contributed by atoms with van der Waals surface area (Å²) in [5.41, 5.74) is -0.910. The minimum atomic E-state index is -4.57. The average molecular weight is 360 g/mol. The third-order valence-electron chi connectivity index (χ3n) is 2.96. The molecule has 0 saturated carbocycles. The number of alkyl halides is 3. The number of amides is 1. The Morgan fingerprint density at radius 3 is 2.43 bits per heavy atom. The van der Waals surface area contributed by atoms with Gasteiger partial charge in [0.25, 0.3) is 0 Å². The Bertz CT molecular complexity index is 691. The standard InChI is InChI=1S/C16H13ClF3NOS/c1-10(23-12-5-3-2-4-6-12)15(22)21-11-7-8-14(17)13(9-11)16(18,19)20/h2-10H,1H3,(H,21,22). The summed E-state index contributed by atoms with van der Waals surface area (Å²) in [5.74, 6) is -0.380. The van der Waals surface area contributed by atoms with Crippen molar-refractivity contribution < 1.29 is 18.0 Å². The molecule has 0 heterocycles. The van der Waals surface area contributed by atoms with Gasteiger partial charge in [0.1, 0.15) is 0 Å². The number of nitrogens with one attached hydrogen (secondary N) is 1. The molecule has 0 aliphatic rings. The highest BCUT2D eigenvalue weighted by Crippen LogP contribution is 2.36. The van der Waals surface area contributed by atoms with E-state index < -0.39 is 22.0 Å². The fourth-order valence-electron chi connectivity index (χ4n) is 1.82. The lowest BCUT2D eigenvalue weighted by atomic mass is 10.2. The Morgan fingerprint density at radius 1 is 1.17 bits per heavy atom. The number of carbonyl (C=O) groups is 1. The molecule has 2 aromatic rings. The van der Waals surface area contributed by atoms with E-state index in [9.17, 15) is 18.0 Å². The maximum atomic E-state index is 12.8. The van der Waals surface area contributed by atoms with Crippen molar-refractivity contribution in [2.75, 3.05) is 5.32 Å². The average Bonchev–Trinajstić information content (AvgIpc) is 2.49. The lowest BCUT2D eigenvalue weighted by Gasteiger charge is -2.14. The number of hydrogen-bond acceptors (Lipinski definition) is 2. The Hall–Kier alpha value is -1.66. The number of carbonyl (C=O) groups excluding carboxylic acids is 1. The highest BCUT2D eigenvalue weighted by Gasteiger charge is 2.33. The van der Waals surface area contributed by atoms with E-state index in [0.29, 0.717) is 0 Å². The predicted molar refractivity (Wildman–Crippen MR) is 86.8 cm³/mol. The van der Waals surface area contributed by atoms with E-state index in [-0.39, 0.29) is 11.6 Å². The van der Waals surface area contributed by atoms with E-state index in [1.54, 1.807) is 6.92 Å². The summed E-state index contributed by atoms with van der Waals surface area (Å²) in [6.45, 7) is 1.69. The van der Waals surface area contributed by atoms with E-state index >= 15 is 0 Å². The van der Waals surface area contributed by atoms with E-state index in [0.717, 1.165) is 17.0 Å². The van der Waals surface area contributed by atoms with Crippen LogP contribution < -0.4 is 5.32 Å². The van der Waals surface area contributed by atoms with Gasteiger partial charge in [-0.15, -0.1) is 11.8 Å². The summed E-state index contributed by atoms with van der Waals surface area (Å²) in [5, 5.41) is 1.63. The molecular formula is C16H13ClF3NOS. The van der Waals surface area contributed by atoms with Crippen LogP contribution in [0.25, 0.3) is 0 Å². The zero-order chi connectivity index (χ0) is 17.0. The normalized spacial score (nSPS) is 12.7. The fraction of sp³-hybridized carbons (Fsp3) is 0.188. The van der Waals surface area contributed by atoms with Crippen molar-refractivity contribution in [3.8, 4) is 0 Å². The molecule has 0 aliphatic heterocycles. The lowest BCUT2D eigenvalue weighted by molar-refractivity contribution is -0.137. The first-order valence-electron chi connectivity index (χ1n) is 6.66. The maximum absolute atomic E-state index is 12.8. The second kappa shape index (κ2) is 7.27. The molecule has 23 heavy (non-hydrogen) atoms. The number of halogens is 4. The second-order valence-electron chi connectivity index (χ2n) is 4.75. The molecule has 0 aromatic heterocycles. The Morgan fingerprint density at radius 2 is 1.83 bits per heavy atom. The van der Waals surface area contributed by atoms with Crippen LogP contribution in [0.15, 0.2) is 53.4 Å². The Balaban J connectivity index is 2.08. The van der Waals surface area contributed by atoms with Crippen molar-refractivity contribution in [3.63, 3.8) is 0 Å². The van der Waals surface area contributed by atoms with Gasteiger partial charge in [0, 0.05) is 10.6 Å². The summed E-state index contributed by atoms with van der Waals surface area (Å²) >= 11 is 6.87. The molecule has 2 rings (SSSR count). The third kappa shape index (κ3) is 4.91. The molecule has 0 aliphatic carbocycles. The molecular weight excluding hydrogens is 347 g/mol. The first-order chi connectivity index (χ1) is 10.8. The molecule has 1 N–H and O–H groups in total. The van der Waals surface area contributed by atoms with Gasteiger partial charge in [-0.2, -0.15) is 13.2 Å². The molecule has 0 spiro atoms. The van der Waals surface area contributed by atoms with Crippen LogP contribution in [-0.2, 0) is 11.0 Å². The molecule has 2 aromatic carbocycles. The summed E-state index contributed by atoms with van der Waals surface area (Å²) < 4.78 is 38.4. The van der Waals surface area contributed by atoms with Crippen molar-refractivity contribution in [2.45, 2.75) is 23.2 Å². The van der Waals surface area contributed by atoms with Crippen LogP contribution >= 0.6 is 23.4 Å². The molecule has 0 fully saturated rings.